The third kappa shape index (κ3) is 3.21. The van der Waals surface area contributed by atoms with E-state index in [9.17, 15) is 4.79 Å². The Bertz CT molecular complexity index is 642. The smallest absolute Gasteiger partial charge is 0.357 e. The SMILES string of the molecule is CCOC(=O)c1cc(N[C@@H]2C[C@H]2c2ccsc2)nc(C)n1. The molecule has 2 aromatic rings. The zero-order valence-corrected chi connectivity index (χ0v) is 12.8. The van der Waals surface area contributed by atoms with Crippen LogP contribution in [0.15, 0.2) is 22.9 Å². The number of nitrogens with one attached hydrogen (secondary N) is 1. The lowest BCUT2D eigenvalue weighted by Gasteiger charge is -2.08. The lowest BCUT2D eigenvalue weighted by Crippen LogP contribution is -2.12. The molecule has 0 unspecified atom stereocenters. The molecule has 0 bridgehead atoms. The van der Waals surface area contributed by atoms with Gasteiger partial charge in [-0.15, -0.1) is 0 Å². The highest BCUT2D eigenvalue weighted by Gasteiger charge is 2.38. The van der Waals surface area contributed by atoms with Crippen LogP contribution in [0.5, 0.6) is 0 Å². The summed E-state index contributed by atoms with van der Waals surface area (Å²) in [4.78, 5) is 20.2. The highest BCUT2D eigenvalue weighted by Crippen LogP contribution is 2.43. The molecule has 1 saturated carbocycles. The molecule has 0 aliphatic heterocycles. The summed E-state index contributed by atoms with van der Waals surface area (Å²) in [7, 11) is 0. The van der Waals surface area contributed by atoms with E-state index in [-0.39, 0.29) is 0 Å². The number of anilines is 1. The summed E-state index contributed by atoms with van der Waals surface area (Å²) < 4.78 is 4.98. The standard InChI is InChI=1S/C15H17N3O2S/c1-3-20-15(19)13-7-14(17-9(2)16-13)18-12-6-11(12)10-4-5-21-8-10/h4-5,7-8,11-12H,3,6H2,1-2H3,(H,16,17,18)/t11-,12+/m0/s1. The topological polar surface area (TPSA) is 64.1 Å². The molecule has 2 aromatic heterocycles. The maximum absolute atomic E-state index is 11.8. The van der Waals surface area contributed by atoms with E-state index in [4.69, 9.17) is 4.74 Å². The van der Waals surface area contributed by atoms with Gasteiger partial charge in [-0.25, -0.2) is 14.8 Å². The van der Waals surface area contributed by atoms with Gasteiger partial charge in [-0.3, -0.25) is 0 Å². The monoisotopic (exact) mass is 303 g/mol. The van der Waals surface area contributed by atoms with Crippen LogP contribution < -0.4 is 5.32 Å². The molecular weight excluding hydrogens is 286 g/mol. The van der Waals surface area contributed by atoms with Crippen molar-refractivity contribution >= 4 is 23.1 Å². The number of ether oxygens (including phenoxy) is 1. The van der Waals surface area contributed by atoms with Gasteiger partial charge in [-0.05, 0) is 42.7 Å². The Hall–Kier alpha value is -1.95. The fourth-order valence-electron chi connectivity index (χ4n) is 2.35. The van der Waals surface area contributed by atoms with Crippen molar-refractivity contribution in [1.82, 2.24) is 9.97 Å². The van der Waals surface area contributed by atoms with Gasteiger partial charge >= 0.3 is 5.97 Å². The number of nitrogens with zero attached hydrogens (tertiary/aromatic N) is 2. The van der Waals surface area contributed by atoms with Gasteiger partial charge in [-0.2, -0.15) is 11.3 Å². The van der Waals surface area contributed by atoms with E-state index in [2.05, 4.69) is 32.1 Å². The van der Waals surface area contributed by atoms with Gasteiger partial charge in [0.05, 0.1) is 6.61 Å². The van der Waals surface area contributed by atoms with Gasteiger partial charge in [0, 0.05) is 18.0 Å². The summed E-state index contributed by atoms with van der Waals surface area (Å²) >= 11 is 1.72. The summed E-state index contributed by atoms with van der Waals surface area (Å²) in [6.45, 7) is 3.89. The van der Waals surface area contributed by atoms with Crippen molar-refractivity contribution in [1.29, 1.82) is 0 Å². The Labute approximate surface area is 127 Å². The van der Waals surface area contributed by atoms with Crippen LogP contribution in [-0.4, -0.2) is 28.6 Å². The van der Waals surface area contributed by atoms with E-state index in [1.165, 1.54) is 5.56 Å². The van der Waals surface area contributed by atoms with Crippen molar-refractivity contribution in [2.75, 3.05) is 11.9 Å². The quantitative estimate of drug-likeness (QED) is 0.860. The van der Waals surface area contributed by atoms with E-state index in [0.717, 1.165) is 6.42 Å². The zero-order chi connectivity index (χ0) is 14.8. The van der Waals surface area contributed by atoms with Crippen molar-refractivity contribution in [3.8, 4) is 0 Å². The summed E-state index contributed by atoms with van der Waals surface area (Å²) in [6.07, 6.45) is 1.09. The first kappa shape index (κ1) is 14.0. The highest BCUT2D eigenvalue weighted by atomic mass is 32.1. The molecule has 1 N–H and O–H groups in total. The van der Waals surface area contributed by atoms with Crippen molar-refractivity contribution in [2.24, 2.45) is 0 Å². The third-order valence-electron chi connectivity index (χ3n) is 3.42. The lowest BCUT2D eigenvalue weighted by atomic mass is 10.2. The lowest BCUT2D eigenvalue weighted by molar-refractivity contribution is 0.0519. The van der Waals surface area contributed by atoms with Crippen LogP contribution in [0.1, 0.15) is 41.1 Å². The van der Waals surface area contributed by atoms with Crippen LogP contribution >= 0.6 is 11.3 Å². The first-order valence-electron chi connectivity index (χ1n) is 6.99. The molecule has 0 saturated heterocycles. The average molecular weight is 303 g/mol. The Kier molecular flexibility index (Phi) is 3.88. The fraction of sp³-hybridized carbons (Fsp3) is 0.400. The number of rotatable bonds is 5. The fourth-order valence-corrected chi connectivity index (χ4v) is 3.07. The second-order valence-corrected chi connectivity index (χ2v) is 5.84. The Morgan fingerprint density at radius 1 is 1.52 bits per heavy atom. The van der Waals surface area contributed by atoms with Crippen LogP contribution in [0.4, 0.5) is 5.82 Å². The second-order valence-electron chi connectivity index (χ2n) is 5.06. The van der Waals surface area contributed by atoms with Crippen LogP contribution in [-0.2, 0) is 4.74 Å². The first-order chi connectivity index (χ1) is 10.2. The molecule has 2 heterocycles. The Balaban J connectivity index is 1.70. The number of thiophene rings is 1. The van der Waals surface area contributed by atoms with Gasteiger partial charge in [-0.1, -0.05) is 0 Å². The van der Waals surface area contributed by atoms with Gasteiger partial charge in [0.25, 0.3) is 0 Å². The van der Waals surface area contributed by atoms with E-state index in [0.29, 0.717) is 35.9 Å². The summed E-state index contributed by atoms with van der Waals surface area (Å²) in [5, 5.41) is 7.66. The molecule has 5 nitrogen and oxygen atoms in total. The van der Waals surface area contributed by atoms with Crippen LogP contribution in [0.25, 0.3) is 0 Å². The maximum Gasteiger partial charge on any atom is 0.357 e. The van der Waals surface area contributed by atoms with Crippen molar-refractivity contribution in [3.63, 3.8) is 0 Å². The normalized spacial score (nSPS) is 20.1. The molecule has 1 aliphatic carbocycles. The minimum atomic E-state index is -0.406. The van der Waals surface area contributed by atoms with Gasteiger partial charge < -0.3 is 10.1 Å². The summed E-state index contributed by atoms with van der Waals surface area (Å²) in [5.74, 6) is 1.39. The molecule has 0 radical (unpaired) electrons. The molecule has 0 amide bonds. The number of hydrogen-bond donors (Lipinski definition) is 1. The number of aryl methyl sites for hydroxylation is 1. The highest BCUT2D eigenvalue weighted by molar-refractivity contribution is 7.08. The average Bonchev–Trinajstić information content (AvgIpc) is 3.00. The molecule has 2 atom stereocenters. The van der Waals surface area contributed by atoms with E-state index in [1.54, 1.807) is 31.3 Å². The molecule has 1 aliphatic rings. The molecule has 3 rings (SSSR count). The molecule has 21 heavy (non-hydrogen) atoms. The molecule has 110 valence electrons. The predicted octanol–water partition coefficient (Wildman–Crippen LogP) is 2.99. The first-order valence-corrected chi connectivity index (χ1v) is 7.93. The Morgan fingerprint density at radius 3 is 3.10 bits per heavy atom. The third-order valence-corrected chi connectivity index (χ3v) is 4.12. The molecule has 0 spiro atoms. The number of carbonyl (C=O) groups excluding carboxylic acids is 1. The van der Waals surface area contributed by atoms with Crippen molar-refractivity contribution < 1.29 is 9.53 Å². The molecule has 1 fully saturated rings. The van der Waals surface area contributed by atoms with Crippen LogP contribution in [0.2, 0.25) is 0 Å². The van der Waals surface area contributed by atoms with E-state index in [1.807, 2.05) is 0 Å². The number of esters is 1. The van der Waals surface area contributed by atoms with E-state index >= 15 is 0 Å². The number of hydrogen-bond acceptors (Lipinski definition) is 6. The largest absolute Gasteiger partial charge is 0.461 e. The van der Waals surface area contributed by atoms with Crippen molar-refractivity contribution in [2.45, 2.75) is 32.2 Å². The minimum absolute atomic E-state index is 0.305. The minimum Gasteiger partial charge on any atom is -0.461 e. The summed E-state index contributed by atoms with van der Waals surface area (Å²) in [5.41, 5.74) is 1.67. The van der Waals surface area contributed by atoms with Gasteiger partial charge in [0.1, 0.15) is 11.6 Å². The zero-order valence-electron chi connectivity index (χ0n) is 12.0. The summed E-state index contributed by atoms with van der Waals surface area (Å²) in [6, 6.07) is 4.20. The predicted molar refractivity (Wildman–Crippen MR) is 81.8 cm³/mol. The van der Waals surface area contributed by atoms with Crippen LogP contribution in [0, 0.1) is 6.92 Å². The molecular formula is C15H17N3O2S. The number of aromatic nitrogens is 2. The number of carbonyl (C=O) groups is 1. The van der Waals surface area contributed by atoms with Crippen molar-refractivity contribution in [3.05, 3.63) is 40.0 Å². The second kappa shape index (κ2) is 5.81. The maximum atomic E-state index is 11.8. The van der Waals surface area contributed by atoms with E-state index < -0.39 is 5.97 Å². The Morgan fingerprint density at radius 2 is 2.38 bits per heavy atom. The van der Waals surface area contributed by atoms with Gasteiger partial charge in [0.2, 0.25) is 0 Å². The molecule has 0 aromatic carbocycles. The van der Waals surface area contributed by atoms with Gasteiger partial charge in [0.15, 0.2) is 5.69 Å². The van der Waals surface area contributed by atoms with Crippen LogP contribution in [0.3, 0.4) is 0 Å². The molecule has 6 heteroatoms.